The summed E-state index contributed by atoms with van der Waals surface area (Å²) in [5.41, 5.74) is 0.550. The van der Waals surface area contributed by atoms with Crippen LogP contribution in [0.4, 0.5) is 5.69 Å². The second-order valence-corrected chi connectivity index (χ2v) is 7.58. The quantitative estimate of drug-likeness (QED) is 0.914. The van der Waals surface area contributed by atoms with Gasteiger partial charge in [0.05, 0.1) is 5.69 Å². The second kappa shape index (κ2) is 5.28. The number of hydrogen-bond acceptors (Lipinski definition) is 3. The van der Waals surface area contributed by atoms with Crippen molar-refractivity contribution in [2.45, 2.75) is 25.7 Å². The molecule has 0 spiro atoms. The Labute approximate surface area is 110 Å². The third kappa shape index (κ3) is 3.46. The maximum absolute atomic E-state index is 12.5. The summed E-state index contributed by atoms with van der Waals surface area (Å²) >= 11 is 0. The molecule has 0 bridgehead atoms. The normalized spacial score (nSPS) is 12.8. The molecule has 5 heteroatoms. The fourth-order valence-corrected chi connectivity index (χ4v) is 3.41. The van der Waals surface area contributed by atoms with E-state index in [-0.39, 0.29) is 5.41 Å². The first-order valence-corrected chi connectivity index (χ1v) is 7.35. The first kappa shape index (κ1) is 15.0. The highest BCUT2D eigenvalue weighted by Gasteiger charge is 2.26. The van der Waals surface area contributed by atoms with Crippen LogP contribution in [0.25, 0.3) is 0 Å². The van der Waals surface area contributed by atoms with Crippen LogP contribution in [0.2, 0.25) is 0 Å². The maximum Gasteiger partial charge on any atom is 0.244 e. The van der Waals surface area contributed by atoms with E-state index in [0.29, 0.717) is 17.1 Å². The van der Waals surface area contributed by atoms with E-state index in [1.165, 1.54) is 4.31 Å². The second-order valence-electron chi connectivity index (χ2n) is 5.57. The van der Waals surface area contributed by atoms with Crippen molar-refractivity contribution in [1.29, 1.82) is 0 Å². The van der Waals surface area contributed by atoms with Crippen LogP contribution in [-0.2, 0) is 10.0 Å². The van der Waals surface area contributed by atoms with E-state index in [4.69, 9.17) is 0 Å². The number of benzene rings is 1. The summed E-state index contributed by atoms with van der Waals surface area (Å²) in [6.45, 7) is 6.53. The Kier molecular flexibility index (Phi) is 4.40. The maximum atomic E-state index is 12.5. The van der Waals surface area contributed by atoms with Gasteiger partial charge in [-0.05, 0) is 17.5 Å². The molecule has 1 aromatic carbocycles. The van der Waals surface area contributed by atoms with E-state index in [1.807, 2.05) is 26.8 Å². The van der Waals surface area contributed by atoms with Crippen molar-refractivity contribution in [2.75, 3.05) is 26.0 Å². The van der Waals surface area contributed by atoms with E-state index in [2.05, 4.69) is 5.32 Å². The molecule has 0 saturated heterocycles. The number of nitrogens with zero attached hydrogens (tertiary/aromatic N) is 1. The van der Waals surface area contributed by atoms with Crippen LogP contribution in [0.5, 0.6) is 0 Å². The Morgan fingerprint density at radius 2 is 1.78 bits per heavy atom. The number of nitrogens with one attached hydrogen (secondary N) is 1. The largest absolute Gasteiger partial charge is 0.387 e. The average Bonchev–Trinajstić information content (AvgIpc) is 2.26. The first-order chi connectivity index (χ1) is 8.18. The van der Waals surface area contributed by atoms with Crippen molar-refractivity contribution < 1.29 is 8.42 Å². The Morgan fingerprint density at radius 1 is 1.22 bits per heavy atom. The molecule has 4 nitrogen and oxygen atoms in total. The highest BCUT2D eigenvalue weighted by Crippen LogP contribution is 2.25. The lowest BCUT2D eigenvalue weighted by molar-refractivity contribution is 0.311. The molecule has 0 aliphatic heterocycles. The molecule has 18 heavy (non-hydrogen) atoms. The monoisotopic (exact) mass is 270 g/mol. The van der Waals surface area contributed by atoms with Crippen LogP contribution < -0.4 is 5.32 Å². The number of para-hydroxylation sites is 1. The van der Waals surface area contributed by atoms with Crippen LogP contribution >= 0.6 is 0 Å². The first-order valence-electron chi connectivity index (χ1n) is 5.91. The molecule has 102 valence electrons. The molecule has 0 heterocycles. The Morgan fingerprint density at radius 3 is 2.28 bits per heavy atom. The summed E-state index contributed by atoms with van der Waals surface area (Å²) in [7, 11) is -0.106. The SMILES string of the molecule is CNc1ccccc1S(=O)(=O)N(C)CC(C)(C)C. The van der Waals surface area contributed by atoms with Crippen LogP contribution in [0.3, 0.4) is 0 Å². The summed E-state index contributed by atoms with van der Waals surface area (Å²) in [6.07, 6.45) is 0. The van der Waals surface area contributed by atoms with Crippen molar-refractivity contribution in [3.8, 4) is 0 Å². The zero-order chi connectivity index (χ0) is 14.0. The van der Waals surface area contributed by atoms with E-state index >= 15 is 0 Å². The van der Waals surface area contributed by atoms with Crippen LogP contribution in [0.15, 0.2) is 29.2 Å². The van der Waals surface area contributed by atoms with E-state index in [9.17, 15) is 8.42 Å². The molecule has 0 atom stereocenters. The van der Waals surface area contributed by atoms with Crippen molar-refractivity contribution >= 4 is 15.7 Å². The van der Waals surface area contributed by atoms with E-state index in [1.54, 1.807) is 32.3 Å². The lowest BCUT2D eigenvalue weighted by Crippen LogP contribution is -2.34. The van der Waals surface area contributed by atoms with Crippen LogP contribution in [-0.4, -0.2) is 33.4 Å². The fraction of sp³-hybridized carbons (Fsp3) is 0.538. The Balaban J connectivity index is 3.14. The molecule has 0 aromatic heterocycles. The zero-order valence-electron chi connectivity index (χ0n) is 11.7. The Hall–Kier alpha value is -1.07. The molecular formula is C13H22N2O2S. The summed E-state index contributed by atoms with van der Waals surface area (Å²) < 4.78 is 26.4. The lowest BCUT2D eigenvalue weighted by atomic mass is 9.97. The fourth-order valence-electron chi connectivity index (χ4n) is 1.82. The van der Waals surface area contributed by atoms with Gasteiger partial charge in [-0.3, -0.25) is 0 Å². The predicted molar refractivity (Wildman–Crippen MR) is 75.3 cm³/mol. The van der Waals surface area contributed by atoms with E-state index in [0.717, 1.165) is 0 Å². The lowest BCUT2D eigenvalue weighted by Gasteiger charge is -2.26. The highest BCUT2D eigenvalue weighted by molar-refractivity contribution is 7.89. The molecule has 1 N–H and O–H groups in total. The number of rotatable bonds is 4. The van der Waals surface area contributed by atoms with Crippen LogP contribution in [0.1, 0.15) is 20.8 Å². The average molecular weight is 270 g/mol. The number of hydrogen-bond donors (Lipinski definition) is 1. The third-order valence-electron chi connectivity index (χ3n) is 2.54. The van der Waals surface area contributed by atoms with Gasteiger partial charge in [-0.1, -0.05) is 32.9 Å². The molecule has 0 saturated carbocycles. The van der Waals surface area contributed by atoms with Gasteiger partial charge in [0.2, 0.25) is 10.0 Å². The minimum Gasteiger partial charge on any atom is -0.387 e. The topological polar surface area (TPSA) is 49.4 Å². The van der Waals surface area contributed by atoms with Crippen molar-refractivity contribution in [1.82, 2.24) is 4.31 Å². The highest BCUT2D eigenvalue weighted by atomic mass is 32.2. The Bertz CT molecular complexity index is 504. The molecular weight excluding hydrogens is 248 g/mol. The minimum atomic E-state index is -3.44. The number of anilines is 1. The van der Waals surface area contributed by atoms with Gasteiger partial charge in [-0.2, -0.15) is 0 Å². The smallest absolute Gasteiger partial charge is 0.244 e. The molecule has 1 rings (SSSR count). The van der Waals surface area contributed by atoms with Gasteiger partial charge >= 0.3 is 0 Å². The van der Waals surface area contributed by atoms with Crippen molar-refractivity contribution in [3.63, 3.8) is 0 Å². The molecule has 0 unspecified atom stereocenters. The van der Waals surface area contributed by atoms with Gasteiger partial charge < -0.3 is 5.32 Å². The number of sulfonamides is 1. The molecule has 0 radical (unpaired) electrons. The molecule has 1 aromatic rings. The van der Waals surface area contributed by atoms with Crippen LogP contribution in [0, 0.1) is 5.41 Å². The summed E-state index contributed by atoms with van der Waals surface area (Å²) in [6, 6.07) is 6.94. The van der Waals surface area contributed by atoms with Crippen molar-refractivity contribution in [3.05, 3.63) is 24.3 Å². The standard InChI is InChI=1S/C13H22N2O2S/c1-13(2,3)10-15(5)18(16,17)12-9-7-6-8-11(12)14-4/h6-9,14H,10H2,1-5H3. The molecule has 0 amide bonds. The summed E-state index contributed by atoms with van der Waals surface area (Å²) in [5.74, 6) is 0. The van der Waals surface area contributed by atoms with E-state index < -0.39 is 10.0 Å². The van der Waals surface area contributed by atoms with Gasteiger partial charge in [0.25, 0.3) is 0 Å². The third-order valence-corrected chi connectivity index (χ3v) is 4.40. The van der Waals surface area contributed by atoms with Gasteiger partial charge in [-0.15, -0.1) is 0 Å². The zero-order valence-corrected chi connectivity index (χ0v) is 12.5. The van der Waals surface area contributed by atoms with Gasteiger partial charge in [0.15, 0.2) is 0 Å². The molecule has 0 fully saturated rings. The molecule has 0 aliphatic rings. The molecule has 0 aliphatic carbocycles. The predicted octanol–water partition coefficient (Wildman–Crippen LogP) is 2.39. The van der Waals surface area contributed by atoms with Gasteiger partial charge in [0, 0.05) is 20.6 Å². The summed E-state index contributed by atoms with van der Waals surface area (Å²) in [5, 5.41) is 2.91. The summed E-state index contributed by atoms with van der Waals surface area (Å²) in [4.78, 5) is 0.319. The van der Waals surface area contributed by atoms with Gasteiger partial charge in [0.1, 0.15) is 4.90 Å². The van der Waals surface area contributed by atoms with Gasteiger partial charge in [-0.25, -0.2) is 12.7 Å². The minimum absolute atomic E-state index is 0.0730. The van der Waals surface area contributed by atoms with Crippen molar-refractivity contribution in [2.24, 2.45) is 5.41 Å².